The van der Waals surface area contributed by atoms with E-state index < -0.39 is 0 Å². The van der Waals surface area contributed by atoms with Crippen LogP contribution in [0.1, 0.15) is 23.0 Å². The van der Waals surface area contributed by atoms with Gasteiger partial charge in [-0.15, -0.1) is 0 Å². The molecule has 1 aromatic carbocycles. The first-order valence-corrected chi connectivity index (χ1v) is 7.27. The highest BCUT2D eigenvalue weighted by atomic mass is 35.5. The summed E-state index contributed by atoms with van der Waals surface area (Å²) in [6.45, 7) is 2.55. The molecular formula is C16H18ClFN2O2. The third-order valence-corrected chi connectivity index (χ3v) is 3.54. The fraction of sp³-hybridized carbons (Fsp3) is 0.312. The Bertz CT molecular complexity index is 645. The summed E-state index contributed by atoms with van der Waals surface area (Å²) >= 11 is 5.85. The summed E-state index contributed by atoms with van der Waals surface area (Å²) in [5, 5.41) is 0.466. The second-order valence-electron chi connectivity index (χ2n) is 5.10. The molecule has 1 aromatic heterocycles. The van der Waals surface area contributed by atoms with Gasteiger partial charge in [0.05, 0.1) is 17.7 Å². The Morgan fingerprint density at radius 3 is 2.82 bits per heavy atom. The fourth-order valence-electron chi connectivity index (χ4n) is 2.24. The van der Waals surface area contributed by atoms with Crippen LogP contribution in [0.5, 0.6) is 0 Å². The molecule has 6 heteroatoms. The molecule has 0 bridgehead atoms. The van der Waals surface area contributed by atoms with Gasteiger partial charge in [-0.1, -0.05) is 23.7 Å². The predicted molar refractivity (Wildman–Crippen MR) is 83.4 cm³/mol. The Kier molecular flexibility index (Phi) is 5.57. The lowest BCUT2D eigenvalue weighted by Crippen LogP contribution is -2.40. The van der Waals surface area contributed by atoms with E-state index in [0.29, 0.717) is 22.9 Å². The first-order valence-electron chi connectivity index (χ1n) is 6.89. The highest BCUT2D eigenvalue weighted by Crippen LogP contribution is 2.16. The number of hydrogen-bond acceptors (Lipinski definition) is 2. The number of aromatic amines is 1. The van der Waals surface area contributed by atoms with Gasteiger partial charge in [-0.25, -0.2) is 4.39 Å². The normalized spacial score (nSPS) is 12.2. The van der Waals surface area contributed by atoms with E-state index in [4.69, 9.17) is 16.3 Å². The van der Waals surface area contributed by atoms with E-state index in [9.17, 15) is 9.18 Å². The van der Waals surface area contributed by atoms with Crippen molar-refractivity contribution in [3.8, 4) is 0 Å². The number of aromatic nitrogens is 1. The first-order chi connectivity index (χ1) is 10.5. The van der Waals surface area contributed by atoms with Gasteiger partial charge in [0.1, 0.15) is 11.5 Å². The van der Waals surface area contributed by atoms with Crippen LogP contribution in [-0.4, -0.2) is 35.5 Å². The molecule has 0 aliphatic heterocycles. The number of nitrogens with one attached hydrogen (secondary N) is 1. The SMILES string of the molecule is COCC(C)N(Cc1cccc(F)c1)C(=O)c1cc(Cl)c[nH]1. The molecule has 0 aliphatic carbocycles. The molecule has 1 unspecified atom stereocenters. The van der Waals surface area contributed by atoms with Crippen molar-refractivity contribution in [1.29, 1.82) is 0 Å². The van der Waals surface area contributed by atoms with Crippen LogP contribution in [-0.2, 0) is 11.3 Å². The van der Waals surface area contributed by atoms with Crippen molar-refractivity contribution in [1.82, 2.24) is 9.88 Å². The highest BCUT2D eigenvalue weighted by Gasteiger charge is 2.23. The number of benzene rings is 1. The summed E-state index contributed by atoms with van der Waals surface area (Å²) in [7, 11) is 1.58. The Balaban J connectivity index is 2.24. The van der Waals surface area contributed by atoms with Gasteiger partial charge in [0.15, 0.2) is 0 Å². The van der Waals surface area contributed by atoms with E-state index in [2.05, 4.69) is 4.98 Å². The number of halogens is 2. The first kappa shape index (κ1) is 16.5. The van der Waals surface area contributed by atoms with Crippen LogP contribution >= 0.6 is 11.6 Å². The Hall–Kier alpha value is -1.85. The third-order valence-electron chi connectivity index (χ3n) is 3.32. The quantitative estimate of drug-likeness (QED) is 0.884. The topological polar surface area (TPSA) is 45.3 Å². The van der Waals surface area contributed by atoms with Crippen molar-refractivity contribution in [2.24, 2.45) is 0 Å². The predicted octanol–water partition coefficient (Wildman–Crippen LogP) is 3.48. The Morgan fingerprint density at radius 1 is 1.45 bits per heavy atom. The molecule has 2 aromatic rings. The maximum absolute atomic E-state index is 13.3. The zero-order valence-corrected chi connectivity index (χ0v) is 13.2. The van der Waals surface area contributed by atoms with E-state index >= 15 is 0 Å². The number of carbonyl (C=O) groups excluding carboxylic acids is 1. The van der Waals surface area contributed by atoms with Gasteiger partial charge in [-0.2, -0.15) is 0 Å². The van der Waals surface area contributed by atoms with E-state index in [0.717, 1.165) is 0 Å². The van der Waals surface area contributed by atoms with Crippen LogP contribution in [0.25, 0.3) is 0 Å². The molecule has 0 spiro atoms. The van der Waals surface area contributed by atoms with Gasteiger partial charge in [-0.3, -0.25) is 4.79 Å². The lowest BCUT2D eigenvalue weighted by atomic mass is 10.1. The lowest BCUT2D eigenvalue weighted by molar-refractivity contribution is 0.0537. The second-order valence-corrected chi connectivity index (χ2v) is 5.54. The number of ether oxygens (including phenoxy) is 1. The summed E-state index contributed by atoms with van der Waals surface area (Å²) in [6.07, 6.45) is 1.55. The summed E-state index contributed by atoms with van der Waals surface area (Å²) in [4.78, 5) is 17.1. The van der Waals surface area contributed by atoms with Gasteiger partial charge < -0.3 is 14.6 Å². The minimum atomic E-state index is -0.327. The zero-order chi connectivity index (χ0) is 16.1. The van der Waals surface area contributed by atoms with E-state index in [-0.39, 0.29) is 24.3 Å². The molecule has 1 atom stereocenters. The average Bonchev–Trinajstić information content (AvgIpc) is 2.91. The number of rotatable bonds is 6. The largest absolute Gasteiger partial charge is 0.383 e. The van der Waals surface area contributed by atoms with Gasteiger partial charge in [-0.05, 0) is 30.7 Å². The third kappa shape index (κ3) is 4.08. The summed E-state index contributed by atoms with van der Waals surface area (Å²) in [6, 6.07) is 7.61. The average molecular weight is 325 g/mol. The summed E-state index contributed by atoms with van der Waals surface area (Å²) < 4.78 is 18.5. The van der Waals surface area contributed by atoms with Gasteiger partial charge in [0, 0.05) is 19.9 Å². The minimum Gasteiger partial charge on any atom is -0.383 e. The maximum atomic E-state index is 13.3. The molecule has 4 nitrogen and oxygen atoms in total. The molecule has 1 heterocycles. The van der Waals surface area contributed by atoms with E-state index in [1.54, 1.807) is 36.4 Å². The van der Waals surface area contributed by atoms with Gasteiger partial charge in [0.2, 0.25) is 0 Å². The monoisotopic (exact) mass is 324 g/mol. The fourth-order valence-corrected chi connectivity index (χ4v) is 2.40. The molecule has 0 aliphatic rings. The van der Waals surface area contributed by atoms with Crippen molar-refractivity contribution in [3.05, 3.63) is 58.6 Å². The van der Waals surface area contributed by atoms with Crippen LogP contribution in [0.15, 0.2) is 36.5 Å². The number of amides is 1. The molecule has 0 fully saturated rings. The van der Waals surface area contributed by atoms with Crippen molar-refractivity contribution < 1.29 is 13.9 Å². The van der Waals surface area contributed by atoms with E-state index in [1.807, 2.05) is 6.92 Å². The molecule has 0 saturated carbocycles. The zero-order valence-electron chi connectivity index (χ0n) is 12.5. The molecular weight excluding hydrogens is 307 g/mol. The van der Waals surface area contributed by atoms with Crippen LogP contribution in [0.3, 0.4) is 0 Å². The van der Waals surface area contributed by atoms with Crippen LogP contribution < -0.4 is 0 Å². The molecule has 118 valence electrons. The molecule has 0 saturated heterocycles. The Labute approximate surface area is 133 Å². The Morgan fingerprint density at radius 2 is 2.23 bits per heavy atom. The molecule has 1 amide bonds. The molecule has 0 radical (unpaired) electrons. The lowest BCUT2D eigenvalue weighted by Gasteiger charge is -2.28. The maximum Gasteiger partial charge on any atom is 0.270 e. The van der Waals surface area contributed by atoms with Gasteiger partial charge >= 0.3 is 0 Å². The van der Waals surface area contributed by atoms with Crippen molar-refractivity contribution in [2.75, 3.05) is 13.7 Å². The smallest absolute Gasteiger partial charge is 0.270 e. The van der Waals surface area contributed by atoms with Crippen LogP contribution in [0, 0.1) is 5.82 Å². The second kappa shape index (κ2) is 7.42. The van der Waals surface area contributed by atoms with Crippen molar-refractivity contribution >= 4 is 17.5 Å². The number of H-pyrrole nitrogens is 1. The number of carbonyl (C=O) groups is 1. The molecule has 22 heavy (non-hydrogen) atoms. The number of methoxy groups -OCH3 is 1. The number of hydrogen-bond donors (Lipinski definition) is 1. The summed E-state index contributed by atoms with van der Waals surface area (Å²) in [5.74, 6) is -0.534. The van der Waals surface area contributed by atoms with Gasteiger partial charge in [0.25, 0.3) is 5.91 Å². The van der Waals surface area contributed by atoms with Crippen LogP contribution in [0.2, 0.25) is 5.02 Å². The van der Waals surface area contributed by atoms with Crippen LogP contribution in [0.4, 0.5) is 4.39 Å². The molecule has 1 N–H and O–H groups in total. The number of nitrogens with zero attached hydrogens (tertiary/aromatic N) is 1. The van der Waals surface area contributed by atoms with E-state index in [1.165, 1.54) is 12.1 Å². The standard InChI is InChI=1S/C16H18ClFN2O2/c1-11(10-22-2)20(9-12-4-3-5-14(18)6-12)16(21)15-7-13(17)8-19-15/h3-8,11,19H,9-10H2,1-2H3. The highest BCUT2D eigenvalue weighted by molar-refractivity contribution is 6.30. The summed E-state index contributed by atoms with van der Waals surface area (Å²) in [5.41, 5.74) is 1.11. The van der Waals surface area contributed by atoms with Crippen molar-refractivity contribution in [2.45, 2.75) is 19.5 Å². The minimum absolute atomic E-state index is 0.164. The van der Waals surface area contributed by atoms with Crippen molar-refractivity contribution in [3.63, 3.8) is 0 Å². The molecule has 2 rings (SSSR count).